The second-order valence-corrected chi connectivity index (χ2v) is 2.66. The monoisotopic (exact) mass is 182 g/mol. The maximum Gasteiger partial charge on any atom is 0.349 e. The normalized spacial score (nSPS) is 9.00. The Labute approximate surface area is 72.7 Å². The van der Waals surface area contributed by atoms with Gasteiger partial charge in [-0.25, -0.2) is 9.00 Å². The van der Waals surface area contributed by atoms with Gasteiger partial charge in [0.1, 0.15) is 11.3 Å². The van der Waals surface area contributed by atoms with Crippen LogP contribution in [0.2, 0.25) is 0 Å². The number of hydrogen-bond acceptors (Lipinski definition) is 2. The second kappa shape index (κ2) is 3.82. The van der Waals surface area contributed by atoms with Crippen LogP contribution in [-0.4, -0.2) is 20.1 Å². The summed E-state index contributed by atoms with van der Waals surface area (Å²) < 4.78 is 10.4. The Morgan fingerprint density at radius 3 is 2.25 bits per heavy atom. The van der Waals surface area contributed by atoms with Crippen molar-refractivity contribution in [2.24, 2.45) is 0 Å². The van der Waals surface area contributed by atoms with Crippen molar-refractivity contribution in [2.45, 2.75) is 0 Å². The third-order valence-corrected chi connectivity index (χ3v) is 1.89. The molecule has 0 bridgehead atoms. The van der Waals surface area contributed by atoms with Crippen LogP contribution in [0.5, 0.6) is 0 Å². The van der Waals surface area contributed by atoms with Gasteiger partial charge in [0.05, 0.1) is 0 Å². The quantitative estimate of drug-likeness (QED) is 0.535. The SMILES string of the molecule is O=S=C(C(=O)O)c1ccccc1. The van der Waals surface area contributed by atoms with Crippen molar-refractivity contribution in [3.05, 3.63) is 35.9 Å². The standard InChI is InChI=1S/C8H6O3S/c9-8(10)7(12-11)6-4-2-1-3-5-6/h1-5H,(H,9,10). The average molecular weight is 182 g/mol. The first-order valence-electron chi connectivity index (χ1n) is 3.21. The smallest absolute Gasteiger partial charge is 0.349 e. The van der Waals surface area contributed by atoms with Crippen LogP contribution in [0, 0.1) is 0 Å². The molecule has 0 spiro atoms. The highest BCUT2D eigenvalue weighted by Crippen LogP contribution is 1.99. The highest BCUT2D eigenvalue weighted by atomic mass is 32.1. The minimum atomic E-state index is -1.18. The van der Waals surface area contributed by atoms with Gasteiger partial charge >= 0.3 is 5.97 Å². The summed E-state index contributed by atoms with van der Waals surface area (Å²) in [5.41, 5.74) is 0.449. The zero-order valence-electron chi connectivity index (χ0n) is 6.06. The van der Waals surface area contributed by atoms with E-state index in [-0.39, 0.29) is 16.1 Å². The number of hydrogen-bond donors (Lipinski definition) is 1. The van der Waals surface area contributed by atoms with Crippen molar-refractivity contribution >= 4 is 22.1 Å². The third kappa shape index (κ3) is 1.79. The molecule has 0 fully saturated rings. The molecule has 0 aliphatic heterocycles. The molecule has 0 unspecified atom stereocenters. The molecule has 62 valence electrons. The van der Waals surface area contributed by atoms with Crippen LogP contribution in [0.15, 0.2) is 30.3 Å². The van der Waals surface area contributed by atoms with Crippen molar-refractivity contribution in [3.8, 4) is 0 Å². The Balaban J connectivity index is 3.14. The number of rotatable bonds is 2. The van der Waals surface area contributed by atoms with E-state index in [1.54, 1.807) is 30.3 Å². The molecule has 0 saturated heterocycles. The number of aliphatic carboxylic acids is 1. The van der Waals surface area contributed by atoms with Gasteiger partial charge in [0.2, 0.25) is 0 Å². The van der Waals surface area contributed by atoms with E-state index in [4.69, 9.17) is 5.11 Å². The lowest BCUT2D eigenvalue weighted by atomic mass is 10.1. The summed E-state index contributed by atoms with van der Waals surface area (Å²) in [5, 5.41) is 8.57. The van der Waals surface area contributed by atoms with Crippen molar-refractivity contribution in [3.63, 3.8) is 0 Å². The van der Waals surface area contributed by atoms with Gasteiger partial charge in [-0.1, -0.05) is 30.3 Å². The first kappa shape index (κ1) is 8.67. The van der Waals surface area contributed by atoms with Gasteiger partial charge in [0, 0.05) is 5.56 Å². The van der Waals surface area contributed by atoms with Gasteiger partial charge in [0.25, 0.3) is 0 Å². The topological polar surface area (TPSA) is 54.4 Å². The van der Waals surface area contributed by atoms with Crippen molar-refractivity contribution in [1.29, 1.82) is 0 Å². The van der Waals surface area contributed by atoms with E-state index in [2.05, 4.69) is 0 Å². The lowest BCUT2D eigenvalue weighted by Crippen LogP contribution is -2.13. The van der Waals surface area contributed by atoms with Crippen LogP contribution in [0.4, 0.5) is 0 Å². The minimum absolute atomic E-state index is 0.00176. The summed E-state index contributed by atoms with van der Waals surface area (Å²) in [6.07, 6.45) is 0. The summed E-state index contributed by atoms with van der Waals surface area (Å²) in [6.45, 7) is 0. The van der Waals surface area contributed by atoms with Crippen LogP contribution in [0.25, 0.3) is 0 Å². The maximum atomic E-state index is 10.5. The molecule has 1 rings (SSSR count). The van der Waals surface area contributed by atoms with E-state index >= 15 is 0 Å². The second-order valence-electron chi connectivity index (χ2n) is 2.08. The predicted molar refractivity (Wildman–Crippen MR) is 46.3 cm³/mol. The number of carboxylic acids is 1. The van der Waals surface area contributed by atoms with E-state index in [1.807, 2.05) is 0 Å². The lowest BCUT2D eigenvalue weighted by Gasteiger charge is -1.94. The highest BCUT2D eigenvalue weighted by Gasteiger charge is 2.09. The molecule has 0 atom stereocenters. The molecule has 0 aliphatic carbocycles. The summed E-state index contributed by atoms with van der Waals surface area (Å²) in [6, 6.07) is 8.32. The molecule has 12 heavy (non-hydrogen) atoms. The minimum Gasteiger partial charge on any atom is -0.477 e. The van der Waals surface area contributed by atoms with Gasteiger partial charge < -0.3 is 5.11 Å². The van der Waals surface area contributed by atoms with Crippen molar-refractivity contribution in [1.82, 2.24) is 0 Å². The Kier molecular flexibility index (Phi) is 2.76. The zero-order chi connectivity index (χ0) is 8.97. The predicted octanol–water partition coefficient (Wildman–Crippen LogP) is 0.505. The summed E-state index contributed by atoms with van der Waals surface area (Å²) >= 11 is -0.00176. The van der Waals surface area contributed by atoms with Crippen LogP contribution in [-0.2, 0) is 16.1 Å². The summed E-state index contributed by atoms with van der Waals surface area (Å²) in [5.74, 6) is -1.18. The van der Waals surface area contributed by atoms with Gasteiger partial charge in [-0.15, -0.1) is 0 Å². The van der Waals surface area contributed by atoms with Crippen molar-refractivity contribution < 1.29 is 14.1 Å². The molecule has 0 amide bonds. The molecule has 0 saturated carbocycles. The highest BCUT2D eigenvalue weighted by molar-refractivity contribution is 7.69. The molecular formula is C8H6O3S. The van der Waals surface area contributed by atoms with Crippen LogP contribution < -0.4 is 0 Å². The van der Waals surface area contributed by atoms with Crippen LogP contribution in [0.3, 0.4) is 0 Å². The van der Waals surface area contributed by atoms with E-state index in [0.717, 1.165) is 0 Å². The van der Waals surface area contributed by atoms with Crippen molar-refractivity contribution in [2.75, 3.05) is 0 Å². The van der Waals surface area contributed by atoms with E-state index < -0.39 is 5.97 Å². The zero-order valence-corrected chi connectivity index (χ0v) is 6.88. The molecule has 1 aromatic rings. The molecule has 1 N–H and O–H groups in total. The van der Waals surface area contributed by atoms with Gasteiger partial charge in [-0.05, 0) is 0 Å². The summed E-state index contributed by atoms with van der Waals surface area (Å²) in [7, 11) is 0. The molecule has 0 heterocycles. The lowest BCUT2D eigenvalue weighted by molar-refractivity contribution is -0.129. The fourth-order valence-corrected chi connectivity index (χ4v) is 1.10. The van der Waals surface area contributed by atoms with Crippen LogP contribution in [0.1, 0.15) is 5.56 Å². The van der Waals surface area contributed by atoms with E-state index in [1.165, 1.54) is 0 Å². The maximum absolute atomic E-state index is 10.5. The van der Waals surface area contributed by atoms with Gasteiger partial charge in [0.15, 0.2) is 4.86 Å². The Bertz CT molecular complexity index is 339. The number of carboxylic acid groups (broad SMARTS) is 1. The Hall–Kier alpha value is -1.42. The summed E-state index contributed by atoms with van der Waals surface area (Å²) in [4.78, 5) is 10.3. The first-order valence-corrected chi connectivity index (χ1v) is 3.95. The van der Waals surface area contributed by atoms with E-state index in [0.29, 0.717) is 5.56 Å². The fraction of sp³-hybridized carbons (Fsp3) is 0. The molecule has 4 heteroatoms. The van der Waals surface area contributed by atoms with Gasteiger partial charge in [-0.2, -0.15) is 0 Å². The molecule has 3 nitrogen and oxygen atoms in total. The Morgan fingerprint density at radius 1 is 1.25 bits per heavy atom. The molecular weight excluding hydrogens is 176 g/mol. The fourth-order valence-electron chi connectivity index (χ4n) is 0.797. The molecule has 0 aromatic heterocycles. The number of carbonyl (C=O) groups is 1. The number of benzene rings is 1. The van der Waals surface area contributed by atoms with Gasteiger partial charge in [-0.3, -0.25) is 0 Å². The Morgan fingerprint density at radius 2 is 1.83 bits per heavy atom. The van der Waals surface area contributed by atoms with E-state index in [9.17, 15) is 9.00 Å². The average Bonchev–Trinajstić information content (AvgIpc) is 2.07. The molecule has 0 aliphatic rings. The largest absolute Gasteiger partial charge is 0.477 e. The molecule has 0 radical (unpaired) electrons. The third-order valence-electron chi connectivity index (χ3n) is 1.31. The van der Waals surface area contributed by atoms with Crippen LogP contribution >= 0.6 is 0 Å². The molecule has 1 aromatic carbocycles. The first-order chi connectivity index (χ1) is 5.75.